The SMILES string of the molecule is CCCCCC(=O)OCn1ccc2c([S+]([O-])N3CCCC3)cccc2c1=O. The Morgan fingerprint density at radius 1 is 1.19 bits per heavy atom. The summed E-state index contributed by atoms with van der Waals surface area (Å²) in [6.45, 7) is 3.60. The lowest BCUT2D eigenvalue weighted by atomic mass is 10.2. The van der Waals surface area contributed by atoms with Crippen molar-refractivity contribution in [3.63, 3.8) is 0 Å². The van der Waals surface area contributed by atoms with E-state index in [1.165, 1.54) is 4.57 Å². The first-order valence-electron chi connectivity index (χ1n) is 9.56. The average molecular weight is 391 g/mol. The van der Waals surface area contributed by atoms with Crippen LogP contribution < -0.4 is 5.56 Å². The first-order chi connectivity index (χ1) is 13.1. The molecule has 1 fully saturated rings. The molecule has 2 aromatic rings. The van der Waals surface area contributed by atoms with Gasteiger partial charge in [-0.15, -0.1) is 4.31 Å². The molecule has 0 radical (unpaired) electrons. The van der Waals surface area contributed by atoms with E-state index in [2.05, 4.69) is 6.92 Å². The number of fused-ring (bicyclic) bond motifs is 1. The molecule has 1 aliphatic rings. The highest BCUT2D eigenvalue weighted by molar-refractivity contribution is 7.89. The van der Waals surface area contributed by atoms with Crippen molar-refractivity contribution in [2.45, 2.75) is 57.1 Å². The molecule has 1 aliphatic heterocycles. The molecule has 3 rings (SSSR count). The maximum atomic E-state index is 12.9. The van der Waals surface area contributed by atoms with Crippen LogP contribution in [0.15, 0.2) is 40.2 Å². The van der Waals surface area contributed by atoms with Gasteiger partial charge in [0, 0.05) is 31.1 Å². The van der Waals surface area contributed by atoms with Gasteiger partial charge in [0.25, 0.3) is 5.56 Å². The van der Waals surface area contributed by atoms with Crippen molar-refractivity contribution in [3.8, 4) is 0 Å². The van der Waals surface area contributed by atoms with Crippen LogP contribution in [0.25, 0.3) is 10.8 Å². The van der Waals surface area contributed by atoms with Crippen molar-refractivity contribution < 1.29 is 14.1 Å². The summed E-state index contributed by atoms with van der Waals surface area (Å²) in [6, 6.07) is 7.08. The molecule has 146 valence electrons. The number of nitrogens with zero attached hydrogens (tertiary/aromatic N) is 2. The van der Waals surface area contributed by atoms with Crippen LogP contribution in [0.4, 0.5) is 0 Å². The summed E-state index contributed by atoms with van der Waals surface area (Å²) in [6.07, 6.45) is 6.90. The van der Waals surface area contributed by atoms with Crippen LogP contribution in [-0.4, -0.2) is 32.5 Å². The summed E-state index contributed by atoms with van der Waals surface area (Å²) in [7, 11) is 0. The van der Waals surface area contributed by atoms with Crippen molar-refractivity contribution >= 4 is 28.1 Å². The number of carbonyl (C=O) groups excluding carboxylic acids is 1. The second-order valence-corrected chi connectivity index (χ2v) is 8.25. The van der Waals surface area contributed by atoms with E-state index in [9.17, 15) is 14.1 Å². The summed E-state index contributed by atoms with van der Waals surface area (Å²) in [5.74, 6) is -0.292. The van der Waals surface area contributed by atoms with Gasteiger partial charge in [0.2, 0.25) is 0 Å². The Kier molecular flexibility index (Phi) is 6.93. The minimum absolute atomic E-state index is 0.0980. The van der Waals surface area contributed by atoms with Gasteiger partial charge in [0.15, 0.2) is 11.6 Å². The van der Waals surface area contributed by atoms with Crippen molar-refractivity contribution in [2.24, 2.45) is 0 Å². The first kappa shape index (κ1) is 19.9. The molecule has 1 aromatic heterocycles. The van der Waals surface area contributed by atoms with Crippen LogP contribution in [0, 0.1) is 0 Å². The molecule has 0 saturated carbocycles. The molecule has 0 bridgehead atoms. The fourth-order valence-electron chi connectivity index (χ4n) is 3.27. The van der Waals surface area contributed by atoms with Crippen LogP contribution >= 0.6 is 0 Å². The van der Waals surface area contributed by atoms with Crippen LogP contribution in [0.5, 0.6) is 0 Å². The summed E-state index contributed by atoms with van der Waals surface area (Å²) < 4.78 is 21.4. The zero-order valence-electron chi connectivity index (χ0n) is 15.7. The summed E-state index contributed by atoms with van der Waals surface area (Å²) in [4.78, 5) is 25.2. The molecular weight excluding hydrogens is 364 g/mol. The number of hydrogen-bond donors (Lipinski definition) is 0. The molecule has 0 amide bonds. The smallest absolute Gasteiger partial charge is 0.307 e. The Morgan fingerprint density at radius 3 is 2.70 bits per heavy atom. The summed E-state index contributed by atoms with van der Waals surface area (Å²) in [5.41, 5.74) is -0.242. The van der Waals surface area contributed by atoms with Crippen LogP contribution in [-0.2, 0) is 27.6 Å². The highest BCUT2D eigenvalue weighted by Crippen LogP contribution is 2.26. The molecule has 1 unspecified atom stereocenters. The second-order valence-electron chi connectivity index (χ2n) is 6.80. The van der Waals surface area contributed by atoms with Crippen LogP contribution in [0.1, 0.15) is 45.4 Å². The highest BCUT2D eigenvalue weighted by Gasteiger charge is 2.27. The Labute approximate surface area is 162 Å². The molecule has 1 saturated heterocycles. The number of aromatic nitrogens is 1. The fraction of sp³-hybridized carbons (Fsp3) is 0.500. The van der Waals surface area contributed by atoms with E-state index >= 15 is 0 Å². The van der Waals surface area contributed by atoms with Gasteiger partial charge in [-0.3, -0.25) is 14.2 Å². The largest absolute Gasteiger partial charge is 0.593 e. The Morgan fingerprint density at radius 2 is 1.96 bits per heavy atom. The zero-order valence-corrected chi connectivity index (χ0v) is 16.5. The number of esters is 1. The minimum atomic E-state index is -1.26. The third-order valence-electron chi connectivity index (χ3n) is 4.82. The van der Waals surface area contributed by atoms with Crippen molar-refractivity contribution in [2.75, 3.05) is 13.1 Å². The third-order valence-corrected chi connectivity index (χ3v) is 6.38. The number of unbranched alkanes of at least 4 members (excludes halogenated alkanes) is 2. The lowest BCUT2D eigenvalue weighted by molar-refractivity contribution is -0.147. The van der Waals surface area contributed by atoms with E-state index in [4.69, 9.17) is 4.74 Å². The Hall–Kier alpha value is -1.83. The van der Waals surface area contributed by atoms with Gasteiger partial charge in [-0.25, -0.2) is 0 Å². The number of rotatable bonds is 8. The van der Waals surface area contributed by atoms with Gasteiger partial charge in [0.05, 0.1) is 16.7 Å². The van der Waals surface area contributed by atoms with Crippen LogP contribution in [0.3, 0.4) is 0 Å². The predicted octanol–water partition coefficient (Wildman–Crippen LogP) is 3.20. The fourth-order valence-corrected chi connectivity index (χ4v) is 4.70. The van der Waals surface area contributed by atoms with E-state index in [1.54, 1.807) is 24.4 Å². The van der Waals surface area contributed by atoms with Gasteiger partial charge >= 0.3 is 5.97 Å². The Balaban J connectivity index is 1.77. The number of pyridine rings is 1. The molecule has 0 spiro atoms. The van der Waals surface area contributed by atoms with E-state index in [0.29, 0.717) is 22.1 Å². The van der Waals surface area contributed by atoms with Crippen molar-refractivity contribution in [1.82, 2.24) is 8.87 Å². The van der Waals surface area contributed by atoms with Crippen molar-refractivity contribution in [1.29, 1.82) is 0 Å². The van der Waals surface area contributed by atoms with Crippen LogP contribution in [0.2, 0.25) is 0 Å². The maximum absolute atomic E-state index is 12.9. The molecule has 1 atom stereocenters. The topological polar surface area (TPSA) is 74.6 Å². The molecule has 1 aromatic carbocycles. The predicted molar refractivity (Wildman–Crippen MR) is 106 cm³/mol. The first-order valence-corrected chi connectivity index (χ1v) is 10.7. The van der Waals surface area contributed by atoms with Gasteiger partial charge in [-0.1, -0.05) is 25.8 Å². The summed E-state index contributed by atoms with van der Waals surface area (Å²) in [5, 5.41) is 1.18. The quantitative estimate of drug-likeness (QED) is 0.393. The number of benzene rings is 1. The highest BCUT2D eigenvalue weighted by atomic mass is 32.2. The molecule has 0 aliphatic carbocycles. The Bertz CT molecular complexity index is 845. The lowest BCUT2D eigenvalue weighted by Gasteiger charge is -2.20. The number of hydrogen-bond acceptors (Lipinski definition) is 5. The molecular formula is C20H26N2O4S. The van der Waals surface area contributed by atoms with E-state index in [1.807, 2.05) is 10.4 Å². The normalized spacial score (nSPS) is 15.9. The molecule has 27 heavy (non-hydrogen) atoms. The zero-order chi connectivity index (χ0) is 19.2. The summed E-state index contributed by atoms with van der Waals surface area (Å²) >= 11 is -1.26. The molecule has 0 N–H and O–H groups in total. The third kappa shape index (κ3) is 4.72. The monoisotopic (exact) mass is 390 g/mol. The van der Waals surface area contributed by atoms with Gasteiger partial charge in [-0.2, -0.15) is 0 Å². The average Bonchev–Trinajstić information content (AvgIpc) is 3.21. The van der Waals surface area contributed by atoms with Gasteiger partial charge in [0.1, 0.15) is 0 Å². The van der Waals surface area contributed by atoms with Gasteiger partial charge in [-0.05, 0) is 37.5 Å². The van der Waals surface area contributed by atoms with E-state index in [0.717, 1.165) is 45.2 Å². The standard InChI is InChI=1S/C20H26N2O4S/c1-2-3-4-10-19(23)26-15-21-14-11-16-17(20(21)24)8-7-9-18(16)27(25)22-12-5-6-13-22/h7-9,11,14H,2-6,10,12-13,15H2,1H3. The van der Waals surface area contributed by atoms with E-state index < -0.39 is 11.4 Å². The lowest BCUT2D eigenvalue weighted by Crippen LogP contribution is -2.28. The van der Waals surface area contributed by atoms with Gasteiger partial charge < -0.3 is 9.29 Å². The van der Waals surface area contributed by atoms with Crippen molar-refractivity contribution in [3.05, 3.63) is 40.8 Å². The molecule has 7 heteroatoms. The molecule has 2 heterocycles. The molecule has 6 nitrogen and oxygen atoms in total. The maximum Gasteiger partial charge on any atom is 0.307 e. The number of carbonyl (C=O) groups is 1. The minimum Gasteiger partial charge on any atom is -0.593 e. The van der Waals surface area contributed by atoms with E-state index in [-0.39, 0.29) is 18.3 Å². The second kappa shape index (κ2) is 9.39. The number of ether oxygens (including phenoxy) is 1.